The molecule has 124 valence electrons. The number of aliphatic hydroxyl groups is 1. The Hall–Kier alpha value is -1.99. The van der Waals surface area contributed by atoms with E-state index in [4.69, 9.17) is 4.74 Å². The van der Waals surface area contributed by atoms with Gasteiger partial charge in [-0.1, -0.05) is 5.21 Å². The van der Waals surface area contributed by atoms with Crippen molar-refractivity contribution in [3.63, 3.8) is 0 Å². The van der Waals surface area contributed by atoms with Crippen molar-refractivity contribution in [3.8, 4) is 17.0 Å². The molecule has 1 atom stereocenters. The van der Waals surface area contributed by atoms with E-state index in [1.165, 1.54) is 26.0 Å². The number of aromatic nitrogens is 3. The van der Waals surface area contributed by atoms with Crippen molar-refractivity contribution in [2.75, 3.05) is 26.7 Å². The van der Waals surface area contributed by atoms with E-state index >= 15 is 0 Å². The lowest BCUT2D eigenvalue weighted by molar-refractivity contribution is 0.105. The highest BCUT2D eigenvalue weighted by Gasteiger charge is 2.17. The summed E-state index contributed by atoms with van der Waals surface area (Å²) in [5.74, 6) is 0.0497. The number of nitrogens with zero attached hydrogens (tertiary/aromatic N) is 4. The Labute approximate surface area is 134 Å². The zero-order valence-corrected chi connectivity index (χ0v) is 13.2. The van der Waals surface area contributed by atoms with Crippen LogP contribution >= 0.6 is 0 Å². The van der Waals surface area contributed by atoms with E-state index in [1.54, 1.807) is 23.0 Å². The second kappa shape index (κ2) is 7.06. The van der Waals surface area contributed by atoms with Gasteiger partial charge in [-0.15, -0.1) is 5.10 Å². The number of halogens is 1. The molecular formula is C16H21FN4O2. The number of hydrogen-bond donors (Lipinski definition) is 1. The molecule has 1 fully saturated rings. The summed E-state index contributed by atoms with van der Waals surface area (Å²) in [5.41, 5.74) is 0.810. The minimum Gasteiger partial charge on any atom is -0.497 e. The molecule has 23 heavy (non-hydrogen) atoms. The van der Waals surface area contributed by atoms with Crippen molar-refractivity contribution in [1.82, 2.24) is 19.9 Å². The molecular weight excluding hydrogens is 299 g/mol. The summed E-state index contributed by atoms with van der Waals surface area (Å²) >= 11 is 0. The normalized spacial score (nSPS) is 16.7. The van der Waals surface area contributed by atoms with E-state index < -0.39 is 11.9 Å². The van der Waals surface area contributed by atoms with E-state index in [9.17, 15) is 9.50 Å². The smallest absolute Gasteiger partial charge is 0.136 e. The molecule has 0 unspecified atom stereocenters. The molecule has 0 radical (unpaired) electrons. The predicted octanol–water partition coefficient (Wildman–Crippen LogP) is 1.55. The average molecular weight is 320 g/mol. The zero-order chi connectivity index (χ0) is 16.2. The first kappa shape index (κ1) is 15.9. The van der Waals surface area contributed by atoms with Crippen molar-refractivity contribution >= 4 is 0 Å². The number of ether oxygens (including phenoxy) is 1. The van der Waals surface area contributed by atoms with E-state index in [1.807, 2.05) is 0 Å². The van der Waals surface area contributed by atoms with Crippen LogP contribution in [-0.2, 0) is 6.54 Å². The first-order valence-electron chi connectivity index (χ1n) is 7.80. The van der Waals surface area contributed by atoms with E-state index in [-0.39, 0.29) is 0 Å². The SMILES string of the molecule is COc1ccc(-c2cn(C[C@@H](O)CN3CCCC3)nn2)c(F)c1. The summed E-state index contributed by atoms with van der Waals surface area (Å²) in [6.07, 6.45) is 3.52. The number of β-amino-alcohol motifs (C(OH)–C–C–N with tert-alkyl or cyclic N) is 1. The van der Waals surface area contributed by atoms with Gasteiger partial charge in [0.15, 0.2) is 0 Å². The molecule has 1 saturated heterocycles. The fourth-order valence-corrected chi connectivity index (χ4v) is 2.88. The molecule has 1 aliphatic rings. The summed E-state index contributed by atoms with van der Waals surface area (Å²) in [6, 6.07) is 4.61. The third kappa shape index (κ3) is 3.86. The van der Waals surface area contributed by atoms with Gasteiger partial charge in [0.05, 0.1) is 26.0 Å². The number of rotatable bonds is 6. The Morgan fingerprint density at radius 2 is 2.09 bits per heavy atom. The Balaban J connectivity index is 1.65. The number of hydrogen-bond acceptors (Lipinski definition) is 5. The van der Waals surface area contributed by atoms with Gasteiger partial charge >= 0.3 is 0 Å². The fourth-order valence-electron chi connectivity index (χ4n) is 2.88. The van der Waals surface area contributed by atoms with Crippen LogP contribution in [0.2, 0.25) is 0 Å². The summed E-state index contributed by atoms with van der Waals surface area (Å²) in [4.78, 5) is 2.24. The molecule has 3 rings (SSSR count). The maximum Gasteiger partial charge on any atom is 0.136 e. The molecule has 1 N–H and O–H groups in total. The van der Waals surface area contributed by atoms with Crippen LogP contribution in [0.15, 0.2) is 24.4 Å². The van der Waals surface area contributed by atoms with Crippen LogP contribution in [0.3, 0.4) is 0 Å². The standard InChI is InChI=1S/C16H21FN4O2/c1-23-13-4-5-14(15(17)8-13)16-11-21(19-18-16)10-12(22)9-20-6-2-3-7-20/h4-5,8,11-12,22H,2-3,6-7,9-10H2,1H3/t12-/m0/s1. The van der Waals surface area contributed by atoms with Gasteiger partial charge in [0, 0.05) is 18.2 Å². The van der Waals surface area contributed by atoms with E-state index in [2.05, 4.69) is 15.2 Å². The first-order chi connectivity index (χ1) is 11.2. The quantitative estimate of drug-likeness (QED) is 0.875. The highest BCUT2D eigenvalue weighted by Crippen LogP contribution is 2.24. The molecule has 6 nitrogen and oxygen atoms in total. The van der Waals surface area contributed by atoms with Crippen molar-refractivity contribution in [1.29, 1.82) is 0 Å². The van der Waals surface area contributed by atoms with Gasteiger partial charge in [-0.25, -0.2) is 9.07 Å². The molecule has 2 aromatic rings. The monoisotopic (exact) mass is 320 g/mol. The topological polar surface area (TPSA) is 63.4 Å². The predicted molar refractivity (Wildman–Crippen MR) is 83.6 cm³/mol. The number of benzene rings is 1. The fraction of sp³-hybridized carbons (Fsp3) is 0.500. The molecule has 1 aliphatic heterocycles. The van der Waals surface area contributed by atoms with Crippen molar-refractivity contribution in [2.45, 2.75) is 25.5 Å². The second-order valence-electron chi connectivity index (χ2n) is 5.83. The largest absolute Gasteiger partial charge is 0.497 e. The molecule has 0 saturated carbocycles. The number of likely N-dealkylation sites (tertiary alicyclic amines) is 1. The molecule has 1 aromatic carbocycles. The highest BCUT2D eigenvalue weighted by atomic mass is 19.1. The molecule has 1 aromatic heterocycles. The Morgan fingerprint density at radius 1 is 1.30 bits per heavy atom. The summed E-state index contributed by atoms with van der Waals surface area (Å²) < 4.78 is 20.6. The maximum absolute atomic E-state index is 14.1. The molecule has 0 bridgehead atoms. The Bertz CT molecular complexity index is 655. The third-order valence-electron chi connectivity index (χ3n) is 4.06. The lowest BCUT2D eigenvalue weighted by Crippen LogP contribution is -2.32. The zero-order valence-electron chi connectivity index (χ0n) is 13.2. The molecule has 0 aliphatic carbocycles. The van der Waals surface area contributed by atoms with Gasteiger partial charge in [-0.2, -0.15) is 0 Å². The molecule has 0 amide bonds. The van der Waals surface area contributed by atoms with E-state index in [0.29, 0.717) is 30.1 Å². The Morgan fingerprint density at radius 3 is 2.78 bits per heavy atom. The van der Waals surface area contributed by atoms with Gasteiger partial charge < -0.3 is 14.7 Å². The van der Waals surface area contributed by atoms with Crippen LogP contribution in [0.4, 0.5) is 4.39 Å². The van der Waals surface area contributed by atoms with Crippen molar-refractivity contribution in [2.24, 2.45) is 0 Å². The van der Waals surface area contributed by atoms with Gasteiger partial charge in [0.25, 0.3) is 0 Å². The summed E-state index contributed by atoms with van der Waals surface area (Å²) in [7, 11) is 1.49. The van der Waals surface area contributed by atoms with Crippen LogP contribution in [0.25, 0.3) is 11.3 Å². The summed E-state index contributed by atoms with van der Waals surface area (Å²) in [6.45, 7) is 3.06. The first-order valence-corrected chi connectivity index (χ1v) is 7.80. The second-order valence-corrected chi connectivity index (χ2v) is 5.83. The molecule has 0 spiro atoms. The summed E-state index contributed by atoms with van der Waals surface area (Å²) in [5, 5.41) is 18.1. The minimum atomic E-state index is -0.511. The maximum atomic E-state index is 14.1. The number of aliphatic hydroxyl groups excluding tert-OH is 1. The van der Waals surface area contributed by atoms with Crippen LogP contribution in [0, 0.1) is 5.82 Å². The lowest BCUT2D eigenvalue weighted by Gasteiger charge is -2.18. The van der Waals surface area contributed by atoms with Gasteiger partial charge in [-0.05, 0) is 38.1 Å². The Kier molecular flexibility index (Phi) is 4.88. The van der Waals surface area contributed by atoms with Crippen LogP contribution < -0.4 is 4.74 Å². The molecule has 7 heteroatoms. The van der Waals surface area contributed by atoms with Crippen LogP contribution in [0.5, 0.6) is 5.75 Å². The van der Waals surface area contributed by atoms with Crippen molar-refractivity contribution in [3.05, 3.63) is 30.2 Å². The molecule has 2 heterocycles. The van der Waals surface area contributed by atoms with E-state index in [0.717, 1.165) is 13.1 Å². The third-order valence-corrected chi connectivity index (χ3v) is 4.06. The van der Waals surface area contributed by atoms with Gasteiger partial charge in [0.2, 0.25) is 0 Å². The highest BCUT2D eigenvalue weighted by molar-refractivity contribution is 5.59. The lowest BCUT2D eigenvalue weighted by atomic mass is 10.1. The van der Waals surface area contributed by atoms with Crippen LogP contribution in [0.1, 0.15) is 12.8 Å². The van der Waals surface area contributed by atoms with Gasteiger partial charge in [-0.3, -0.25) is 0 Å². The van der Waals surface area contributed by atoms with Crippen LogP contribution in [-0.4, -0.2) is 57.8 Å². The van der Waals surface area contributed by atoms with Crippen molar-refractivity contribution < 1.29 is 14.2 Å². The average Bonchev–Trinajstić information content (AvgIpc) is 3.19. The minimum absolute atomic E-state index is 0.348. The van der Waals surface area contributed by atoms with Gasteiger partial charge in [0.1, 0.15) is 17.3 Å². The number of methoxy groups -OCH3 is 1.